The van der Waals surface area contributed by atoms with E-state index in [1.54, 1.807) is 29.2 Å². The Hall–Kier alpha value is -1.60. The summed E-state index contributed by atoms with van der Waals surface area (Å²) in [5.41, 5.74) is 1.25. The highest BCUT2D eigenvalue weighted by Gasteiger charge is 2.20. The van der Waals surface area contributed by atoms with Crippen LogP contribution in [0, 0.1) is 5.92 Å². The molecule has 1 saturated heterocycles. The van der Waals surface area contributed by atoms with Gasteiger partial charge in [-0.3, -0.25) is 0 Å². The lowest BCUT2D eigenvalue weighted by molar-refractivity contribution is 0.186. The van der Waals surface area contributed by atoms with Crippen LogP contribution >= 0.6 is 0 Å². The number of urea groups is 1. The van der Waals surface area contributed by atoms with Crippen LogP contribution in [-0.4, -0.2) is 32.4 Å². The zero-order valence-corrected chi connectivity index (χ0v) is 12.9. The molecule has 2 rings (SSSR count). The third-order valence-electron chi connectivity index (χ3n) is 3.64. The second-order valence-electron chi connectivity index (χ2n) is 5.60. The minimum Gasteiger partial charge on any atom is -0.325 e. The van der Waals surface area contributed by atoms with Crippen molar-refractivity contribution < 1.29 is 13.2 Å². The minimum absolute atomic E-state index is 0.110. The number of nitrogens with two attached hydrogens (primary N) is 1. The number of carbonyl (C=O) groups is 1. The summed E-state index contributed by atoms with van der Waals surface area (Å²) in [6.45, 7) is 3.74. The molecule has 116 valence electrons. The summed E-state index contributed by atoms with van der Waals surface area (Å²) < 4.78 is 22.0. The molecule has 0 aromatic heterocycles. The standard InChI is InChI=1S/C14H21N3O3S/c1-11-6-8-17(9-7-11)14(18)16-13-4-2-12(3-5-13)10-21(15,19)20/h2-5,11H,6-10H2,1H3,(H,16,18)(H2,15,19,20). The number of nitrogens with zero attached hydrogens (tertiary/aromatic N) is 1. The van der Waals surface area contributed by atoms with Crippen LogP contribution in [0.25, 0.3) is 0 Å². The minimum atomic E-state index is -3.53. The Balaban J connectivity index is 1.92. The summed E-state index contributed by atoms with van der Waals surface area (Å²) in [7, 11) is -3.53. The van der Waals surface area contributed by atoms with Gasteiger partial charge in [0.2, 0.25) is 10.0 Å². The lowest BCUT2D eigenvalue weighted by Gasteiger charge is -2.30. The van der Waals surface area contributed by atoms with Gasteiger partial charge in [0.15, 0.2) is 0 Å². The number of likely N-dealkylation sites (tertiary alicyclic amines) is 1. The molecule has 0 saturated carbocycles. The van der Waals surface area contributed by atoms with Crippen molar-refractivity contribution in [2.24, 2.45) is 11.1 Å². The number of piperidine rings is 1. The maximum absolute atomic E-state index is 12.1. The fourth-order valence-corrected chi connectivity index (χ4v) is 2.99. The highest BCUT2D eigenvalue weighted by molar-refractivity contribution is 7.88. The Kier molecular flexibility index (Phi) is 4.84. The Labute approximate surface area is 125 Å². The number of nitrogens with one attached hydrogen (secondary N) is 1. The van der Waals surface area contributed by atoms with Gasteiger partial charge in [-0.25, -0.2) is 18.4 Å². The quantitative estimate of drug-likeness (QED) is 0.890. The topological polar surface area (TPSA) is 92.5 Å². The molecule has 0 unspecified atom stereocenters. The number of hydrogen-bond donors (Lipinski definition) is 2. The first-order valence-corrected chi connectivity index (χ1v) is 8.70. The molecule has 0 radical (unpaired) electrons. The second-order valence-corrected chi connectivity index (χ2v) is 7.22. The van der Waals surface area contributed by atoms with Gasteiger partial charge in [-0.15, -0.1) is 0 Å². The molecule has 6 nitrogen and oxygen atoms in total. The third kappa shape index (κ3) is 5.02. The van der Waals surface area contributed by atoms with Gasteiger partial charge in [-0.05, 0) is 36.5 Å². The smallest absolute Gasteiger partial charge is 0.321 e. The van der Waals surface area contributed by atoms with Crippen molar-refractivity contribution in [2.75, 3.05) is 18.4 Å². The van der Waals surface area contributed by atoms with Gasteiger partial charge in [-0.2, -0.15) is 0 Å². The molecule has 21 heavy (non-hydrogen) atoms. The summed E-state index contributed by atoms with van der Waals surface area (Å²) in [5.74, 6) is 0.470. The Morgan fingerprint density at radius 1 is 1.29 bits per heavy atom. The van der Waals surface area contributed by atoms with E-state index >= 15 is 0 Å². The molecule has 1 heterocycles. The van der Waals surface area contributed by atoms with E-state index in [1.165, 1.54) is 0 Å². The van der Waals surface area contributed by atoms with Crippen LogP contribution in [0.3, 0.4) is 0 Å². The fraction of sp³-hybridized carbons (Fsp3) is 0.500. The lowest BCUT2D eigenvalue weighted by atomic mass is 10.00. The molecule has 3 N–H and O–H groups in total. The molecule has 2 amide bonds. The molecule has 0 atom stereocenters. The number of rotatable bonds is 3. The van der Waals surface area contributed by atoms with E-state index in [1.807, 2.05) is 0 Å². The Bertz CT molecular complexity index is 590. The van der Waals surface area contributed by atoms with Gasteiger partial charge in [0.05, 0.1) is 5.75 Å². The summed E-state index contributed by atoms with van der Waals surface area (Å²) in [5, 5.41) is 7.81. The van der Waals surface area contributed by atoms with E-state index in [9.17, 15) is 13.2 Å². The van der Waals surface area contributed by atoms with Gasteiger partial charge >= 0.3 is 6.03 Å². The van der Waals surface area contributed by atoms with Crippen LogP contribution in [0.2, 0.25) is 0 Å². The summed E-state index contributed by atoms with van der Waals surface area (Å²) in [6.07, 6.45) is 2.06. The zero-order chi connectivity index (χ0) is 15.5. The van der Waals surface area contributed by atoms with Crippen LogP contribution < -0.4 is 10.5 Å². The third-order valence-corrected chi connectivity index (χ3v) is 4.38. The molecule has 1 fully saturated rings. The number of benzene rings is 1. The molecule has 7 heteroatoms. The van der Waals surface area contributed by atoms with E-state index in [4.69, 9.17) is 5.14 Å². The molecule has 0 aliphatic carbocycles. The van der Waals surface area contributed by atoms with E-state index in [2.05, 4.69) is 12.2 Å². The van der Waals surface area contributed by atoms with E-state index in [-0.39, 0.29) is 11.8 Å². The van der Waals surface area contributed by atoms with Crippen molar-refractivity contribution in [3.05, 3.63) is 29.8 Å². The monoisotopic (exact) mass is 311 g/mol. The molecule has 1 aromatic rings. The van der Waals surface area contributed by atoms with Crippen molar-refractivity contribution in [3.63, 3.8) is 0 Å². The largest absolute Gasteiger partial charge is 0.325 e. The van der Waals surface area contributed by atoms with Crippen molar-refractivity contribution in [1.29, 1.82) is 0 Å². The normalized spacial score (nSPS) is 16.8. The number of sulfonamides is 1. The van der Waals surface area contributed by atoms with E-state index in [0.717, 1.165) is 25.9 Å². The van der Waals surface area contributed by atoms with Gasteiger partial charge in [0.1, 0.15) is 0 Å². The maximum Gasteiger partial charge on any atom is 0.321 e. The van der Waals surface area contributed by atoms with Crippen LogP contribution in [0.1, 0.15) is 25.3 Å². The van der Waals surface area contributed by atoms with Crippen LogP contribution in [0.4, 0.5) is 10.5 Å². The number of amides is 2. The van der Waals surface area contributed by atoms with Crippen molar-refractivity contribution in [2.45, 2.75) is 25.5 Å². The predicted molar refractivity (Wildman–Crippen MR) is 82.2 cm³/mol. The number of hydrogen-bond acceptors (Lipinski definition) is 3. The van der Waals surface area contributed by atoms with Crippen LogP contribution in [0.5, 0.6) is 0 Å². The maximum atomic E-state index is 12.1. The van der Waals surface area contributed by atoms with E-state index < -0.39 is 10.0 Å². The first-order chi connectivity index (χ1) is 9.83. The number of primary sulfonamides is 1. The predicted octanol–water partition coefficient (Wildman–Crippen LogP) is 1.74. The SMILES string of the molecule is CC1CCN(C(=O)Nc2ccc(CS(N)(=O)=O)cc2)CC1. The van der Waals surface area contributed by atoms with E-state index in [0.29, 0.717) is 17.2 Å². The molecule has 1 aliphatic heterocycles. The van der Waals surface area contributed by atoms with Gasteiger partial charge in [0.25, 0.3) is 0 Å². The average molecular weight is 311 g/mol. The van der Waals surface area contributed by atoms with Crippen LogP contribution in [0.15, 0.2) is 24.3 Å². The molecule has 1 aliphatic rings. The van der Waals surface area contributed by atoms with Crippen molar-refractivity contribution >= 4 is 21.7 Å². The molecular formula is C14H21N3O3S. The molecule has 0 bridgehead atoms. The molecular weight excluding hydrogens is 290 g/mol. The van der Waals surface area contributed by atoms with Crippen molar-refractivity contribution in [3.8, 4) is 0 Å². The van der Waals surface area contributed by atoms with Gasteiger partial charge in [0, 0.05) is 18.8 Å². The highest BCUT2D eigenvalue weighted by Crippen LogP contribution is 2.17. The summed E-state index contributed by atoms with van der Waals surface area (Å²) in [6, 6.07) is 6.56. The fourth-order valence-electron chi connectivity index (χ4n) is 2.33. The average Bonchev–Trinajstić information content (AvgIpc) is 2.40. The van der Waals surface area contributed by atoms with Gasteiger partial charge < -0.3 is 10.2 Å². The zero-order valence-electron chi connectivity index (χ0n) is 12.1. The first-order valence-electron chi connectivity index (χ1n) is 6.99. The summed E-state index contributed by atoms with van der Waals surface area (Å²) in [4.78, 5) is 13.9. The number of anilines is 1. The van der Waals surface area contributed by atoms with Gasteiger partial charge in [-0.1, -0.05) is 19.1 Å². The second kappa shape index (κ2) is 6.44. The molecule has 1 aromatic carbocycles. The number of carbonyl (C=O) groups excluding carboxylic acids is 1. The first kappa shape index (κ1) is 15.8. The van der Waals surface area contributed by atoms with Crippen LogP contribution in [-0.2, 0) is 15.8 Å². The Morgan fingerprint density at radius 2 is 1.86 bits per heavy atom. The van der Waals surface area contributed by atoms with Crippen molar-refractivity contribution in [1.82, 2.24) is 4.90 Å². The summed E-state index contributed by atoms with van der Waals surface area (Å²) >= 11 is 0. The lowest BCUT2D eigenvalue weighted by Crippen LogP contribution is -2.40. The molecule has 0 spiro atoms. The Morgan fingerprint density at radius 3 is 2.38 bits per heavy atom. The highest BCUT2D eigenvalue weighted by atomic mass is 32.2.